The molecule has 0 saturated carbocycles. The van der Waals surface area contributed by atoms with E-state index in [0.29, 0.717) is 20.8 Å². The average molecular weight is 378 g/mol. The highest BCUT2D eigenvalue weighted by Gasteiger charge is 2.23. The maximum absolute atomic E-state index is 6.20. The van der Waals surface area contributed by atoms with Crippen LogP contribution in [-0.2, 0) is 0 Å². The lowest BCUT2D eigenvalue weighted by atomic mass is 10.2. The Kier molecular flexibility index (Phi) is 5.47. The van der Waals surface area contributed by atoms with E-state index >= 15 is 0 Å². The zero-order valence-corrected chi connectivity index (χ0v) is 14.3. The predicted molar refractivity (Wildman–Crippen MR) is 84.1 cm³/mol. The maximum Gasteiger partial charge on any atom is 0.290 e. The summed E-state index contributed by atoms with van der Waals surface area (Å²) in [6.45, 7) is 0. The first-order valence-electron chi connectivity index (χ1n) is 5.74. The van der Waals surface area contributed by atoms with Crippen LogP contribution in [0.1, 0.15) is 0 Å². The Morgan fingerprint density at radius 2 is 1.57 bits per heavy atom. The molecule has 0 aliphatic carbocycles. The topological polar surface area (TPSA) is 16.8 Å². The zero-order valence-electron chi connectivity index (χ0n) is 10.4. The van der Waals surface area contributed by atoms with E-state index in [1.54, 1.807) is 16.2 Å². The lowest BCUT2D eigenvalue weighted by Gasteiger charge is -1.97. The van der Waals surface area contributed by atoms with Gasteiger partial charge in [-0.2, -0.15) is 0 Å². The Hall–Kier alpha value is -0.840. The Morgan fingerprint density at radius 3 is 2.19 bits per heavy atom. The van der Waals surface area contributed by atoms with Gasteiger partial charge in [0.25, 0.3) is 5.69 Å². The molecule has 0 spiro atoms. The molecule has 0 fully saturated rings. The second-order valence-corrected chi connectivity index (χ2v) is 6.11. The van der Waals surface area contributed by atoms with Crippen LogP contribution in [0.4, 0.5) is 0 Å². The Morgan fingerprint density at radius 1 is 0.952 bits per heavy atom. The van der Waals surface area contributed by atoms with Gasteiger partial charge < -0.3 is 12.4 Å². The molecule has 21 heavy (non-hydrogen) atoms. The SMILES string of the molecule is Clc1cc(Cl)c(-[n+]2nc(-c3ccccc3)cs2)c(Cl)c1.[Cl-]. The van der Waals surface area contributed by atoms with Crippen molar-refractivity contribution < 1.29 is 16.5 Å². The van der Waals surface area contributed by atoms with Gasteiger partial charge in [0.1, 0.15) is 10.0 Å². The van der Waals surface area contributed by atoms with E-state index in [0.717, 1.165) is 11.3 Å². The van der Waals surface area contributed by atoms with E-state index in [4.69, 9.17) is 34.8 Å². The molecule has 0 unspecified atom stereocenters. The van der Waals surface area contributed by atoms with Gasteiger partial charge >= 0.3 is 0 Å². The van der Waals surface area contributed by atoms with Gasteiger partial charge in [-0.15, -0.1) is 0 Å². The lowest BCUT2D eigenvalue weighted by Crippen LogP contribution is -3.00. The summed E-state index contributed by atoms with van der Waals surface area (Å²) in [5.41, 5.74) is 2.56. The fraction of sp³-hybridized carbons (Fsp3) is 0. The number of nitrogens with zero attached hydrogens (tertiary/aromatic N) is 2. The predicted octanol–water partition coefficient (Wildman–Crippen LogP) is 2.05. The van der Waals surface area contributed by atoms with Crippen LogP contribution in [0.2, 0.25) is 15.1 Å². The first kappa shape index (κ1) is 16.5. The molecule has 0 aliphatic rings. The van der Waals surface area contributed by atoms with Crippen molar-refractivity contribution in [3.05, 3.63) is 62.9 Å². The first-order chi connectivity index (χ1) is 9.65. The van der Waals surface area contributed by atoms with E-state index in [2.05, 4.69) is 5.10 Å². The molecule has 1 aromatic heterocycles. The van der Waals surface area contributed by atoms with Gasteiger partial charge in [0.15, 0.2) is 17.2 Å². The van der Waals surface area contributed by atoms with Crippen molar-refractivity contribution in [1.29, 1.82) is 0 Å². The summed E-state index contributed by atoms with van der Waals surface area (Å²) in [6.07, 6.45) is 0. The molecule has 0 N–H and O–H groups in total. The third-order valence-corrected chi connectivity index (χ3v) is 4.29. The molecule has 0 aliphatic heterocycles. The highest BCUT2D eigenvalue weighted by atomic mass is 35.5. The molecule has 108 valence electrons. The van der Waals surface area contributed by atoms with Gasteiger partial charge in [0.05, 0.1) is 5.38 Å². The van der Waals surface area contributed by atoms with Crippen LogP contribution in [0.25, 0.3) is 16.9 Å². The van der Waals surface area contributed by atoms with Crippen molar-refractivity contribution in [3.63, 3.8) is 0 Å². The van der Waals surface area contributed by atoms with Crippen molar-refractivity contribution >= 4 is 46.3 Å². The summed E-state index contributed by atoms with van der Waals surface area (Å²) < 4.78 is 1.70. The van der Waals surface area contributed by atoms with E-state index in [1.807, 2.05) is 35.7 Å². The summed E-state index contributed by atoms with van der Waals surface area (Å²) >= 11 is 19.7. The molecular formula is C14H8Cl4N2S. The molecule has 1 heterocycles. The monoisotopic (exact) mass is 376 g/mol. The molecule has 3 aromatic rings. The van der Waals surface area contributed by atoms with Gasteiger partial charge in [0.2, 0.25) is 0 Å². The highest BCUT2D eigenvalue weighted by molar-refractivity contribution is 6.99. The second-order valence-electron chi connectivity index (χ2n) is 4.07. The Labute approximate surface area is 147 Å². The number of halogens is 4. The van der Waals surface area contributed by atoms with Gasteiger partial charge in [-0.3, -0.25) is 0 Å². The van der Waals surface area contributed by atoms with Crippen LogP contribution in [0.5, 0.6) is 0 Å². The van der Waals surface area contributed by atoms with Crippen LogP contribution in [0.3, 0.4) is 0 Å². The summed E-state index contributed by atoms with van der Waals surface area (Å²) in [4.78, 5) is 0. The summed E-state index contributed by atoms with van der Waals surface area (Å²) in [6, 6.07) is 13.2. The molecule has 0 radical (unpaired) electrons. The van der Waals surface area contributed by atoms with Crippen LogP contribution in [0.15, 0.2) is 47.8 Å². The van der Waals surface area contributed by atoms with Gasteiger partial charge in [-0.05, 0) is 12.1 Å². The molecule has 0 atom stereocenters. The summed E-state index contributed by atoms with van der Waals surface area (Å²) in [5.74, 6) is 0. The average Bonchev–Trinajstić information content (AvgIpc) is 2.88. The van der Waals surface area contributed by atoms with Crippen LogP contribution in [0, 0.1) is 0 Å². The van der Waals surface area contributed by atoms with E-state index in [-0.39, 0.29) is 12.4 Å². The smallest absolute Gasteiger partial charge is 0.290 e. The van der Waals surface area contributed by atoms with Gasteiger partial charge in [0, 0.05) is 19.8 Å². The second kappa shape index (κ2) is 6.95. The quantitative estimate of drug-likeness (QED) is 0.624. The van der Waals surface area contributed by atoms with Crippen molar-refractivity contribution in [2.75, 3.05) is 0 Å². The fourth-order valence-corrected chi connectivity index (χ4v) is 3.70. The number of hydrogen-bond donors (Lipinski definition) is 0. The third-order valence-electron chi connectivity index (χ3n) is 2.71. The molecule has 0 bridgehead atoms. The van der Waals surface area contributed by atoms with Gasteiger partial charge in [-0.1, -0.05) is 65.1 Å². The molecule has 2 nitrogen and oxygen atoms in total. The molecule has 0 amide bonds. The molecule has 3 rings (SSSR count). The molecule has 7 heteroatoms. The minimum absolute atomic E-state index is 0. The summed E-state index contributed by atoms with van der Waals surface area (Å²) in [7, 11) is 0. The van der Waals surface area contributed by atoms with Crippen LogP contribution in [-0.4, -0.2) is 5.10 Å². The third kappa shape index (κ3) is 3.50. The molecule has 0 saturated heterocycles. The minimum Gasteiger partial charge on any atom is -1.00 e. The Bertz CT molecular complexity index is 736. The highest BCUT2D eigenvalue weighted by Crippen LogP contribution is 2.29. The summed E-state index contributed by atoms with van der Waals surface area (Å²) in [5, 5.41) is 7.93. The number of hydrogen-bond acceptors (Lipinski definition) is 2. The van der Waals surface area contributed by atoms with Crippen LogP contribution >= 0.6 is 46.3 Å². The van der Waals surface area contributed by atoms with Crippen molar-refractivity contribution in [1.82, 2.24) is 5.10 Å². The number of aromatic nitrogens is 2. The first-order valence-corrected chi connectivity index (χ1v) is 7.71. The van der Waals surface area contributed by atoms with E-state index in [9.17, 15) is 0 Å². The van der Waals surface area contributed by atoms with Crippen LogP contribution < -0.4 is 16.5 Å². The van der Waals surface area contributed by atoms with Crippen molar-refractivity contribution in [2.24, 2.45) is 0 Å². The number of rotatable bonds is 2. The van der Waals surface area contributed by atoms with Crippen molar-refractivity contribution in [2.45, 2.75) is 0 Å². The zero-order chi connectivity index (χ0) is 14.1. The molecular weight excluding hydrogens is 370 g/mol. The maximum atomic E-state index is 6.20. The standard InChI is InChI=1S/C14H8Cl3N2S.ClH/c15-10-6-11(16)14(12(17)7-10)19-18-13(8-20-19)9-4-2-1-3-5-9;/h1-8H;1H/q+1;/p-1. The lowest BCUT2D eigenvalue weighted by molar-refractivity contribution is -0.586. The molecule has 2 aromatic carbocycles. The van der Waals surface area contributed by atoms with Gasteiger partial charge in [-0.25, -0.2) is 0 Å². The fourth-order valence-electron chi connectivity index (χ4n) is 1.80. The van der Waals surface area contributed by atoms with E-state index in [1.165, 1.54) is 11.5 Å². The minimum atomic E-state index is 0. The number of benzene rings is 2. The van der Waals surface area contributed by atoms with E-state index < -0.39 is 0 Å². The Balaban J connectivity index is 0.00000161. The largest absolute Gasteiger partial charge is 1.00 e. The van der Waals surface area contributed by atoms with Crippen molar-refractivity contribution in [3.8, 4) is 16.9 Å². The normalized spacial score (nSPS) is 10.2.